The molecule has 0 fully saturated rings. The summed E-state index contributed by atoms with van der Waals surface area (Å²) in [7, 11) is 0. The van der Waals surface area contributed by atoms with Crippen molar-refractivity contribution in [1.82, 2.24) is 19.5 Å². The first-order valence-electron chi connectivity index (χ1n) is 11.7. The average Bonchev–Trinajstić information content (AvgIpc) is 2.76. The van der Waals surface area contributed by atoms with Crippen LogP contribution in [0.3, 0.4) is 0 Å². The second kappa shape index (κ2) is 11.0. The highest BCUT2D eigenvalue weighted by molar-refractivity contribution is 5.95. The Balaban J connectivity index is 1.88. The molecule has 0 saturated heterocycles. The molecule has 3 rings (SSSR count). The minimum absolute atomic E-state index is 0.0309. The highest BCUT2D eigenvalue weighted by Crippen LogP contribution is 2.22. The molecular formula is C24H33N5O3. The van der Waals surface area contributed by atoms with Gasteiger partial charge in [0.1, 0.15) is 0 Å². The third kappa shape index (κ3) is 5.60. The Labute approximate surface area is 187 Å². The van der Waals surface area contributed by atoms with Crippen molar-refractivity contribution in [2.24, 2.45) is 0 Å². The van der Waals surface area contributed by atoms with Crippen molar-refractivity contribution in [1.29, 1.82) is 0 Å². The van der Waals surface area contributed by atoms with E-state index in [0.717, 1.165) is 56.9 Å². The van der Waals surface area contributed by atoms with Crippen LogP contribution >= 0.6 is 0 Å². The van der Waals surface area contributed by atoms with Crippen LogP contribution in [0.5, 0.6) is 0 Å². The molecule has 0 spiro atoms. The number of aryl methyl sites for hydroxylation is 1. The number of rotatable bonds is 11. The minimum atomic E-state index is -0.472. The number of H-pyrrole nitrogens is 1. The summed E-state index contributed by atoms with van der Waals surface area (Å²) in [5, 5.41) is 2.95. The van der Waals surface area contributed by atoms with E-state index in [1.165, 1.54) is 4.57 Å². The second-order valence-electron chi connectivity index (χ2n) is 8.38. The van der Waals surface area contributed by atoms with E-state index >= 15 is 0 Å². The molecular weight excluding hydrogens is 406 g/mol. The van der Waals surface area contributed by atoms with Gasteiger partial charge in [0.15, 0.2) is 11.2 Å². The molecule has 0 aliphatic rings. The number of unbranched alkanes of at least 4 members (excludes halogenated alkanes) is 6. The van der Waals surface area contributed by atoms with Crippen molar-refractivity contribution < 1.29 is 4.79 Å². The molecule has 0 aliphatic carbocycles. The van der Waals surface area contributed by atoms with Crippen molar-refractivity contribution in [3.63, 3.8) is 0 Å². The molecule has 0 radical (unpaired) electrons. The van der Waals surface area contributed by atoms with Crippen LogP contribution in [0, 0.1) is 6.92 Å². The van der Waals surface area contributed by atoms with E-state index in [-0.39, 0.29) is 17.1 Å². The summed E-state index contributed by atoms with van der Waals surface area (Å²) < 4.78 is 1.21. The van der Waals surface area contributed by atoms with Crippen molar-refractivity contribution in [2.45, 2.75) is 85.1 Å². The number of carbonyl (C=O) groups is 1. The first kappa shape index (κ1) is 23.6. The van der Waals surface area contributed by atoms with Gasteiger partial charge in [-0.05, 0) is 37.5 Å². The van der Waals surface area contributed by atoms with Crippen molar-refractivity contribution in [3.05, 3.63) is 38.5 Å². The number of hydrogen-bond acceptors (Lipinski definition) is 5. The van der Waals surface area contributed by atoms with Gasteiger partial charge in [0, 0.05) is 18.7 Å². The van der Waals surface area contributed by atoms with E-state index < -0.39 is 11.2 Å². The van der Waals surface area contributed by atoms with Gasteiger partial charge in [-0.25, -0.2) is 14.8 Å². The van der Waals surface area contributed by atoms with Crippen molar-refractivity contribution in [2.75, 3.05) is 5.32 Å². The predicted molar refractivity (Wildman–Crippen MR) is 128 cm³/mol. The highest BCUT2D eigenvalue weighted by atomic mass is 16.2. The number of carbonyl (C=O) groups excluding carboxylic acids is 1. The number of benzene rings is 1. The van der Waals surface area contributed by atoms with Crippen LogP contribution in [-0.4, -0.2) is 25.4 Å². The molecule has 1 aromatic carbocycles. The Bertz CT molecular complexity index is 1210. The molecule has 2 N–H and O–H groups in total. The first-order chi connectivity index (χ1) is 15.4. The monoisotopic (exact) mass is 439 g/mol. The second-order valence-corrected chi connectivity index (χ2v) is 8.38. The SMILES string of the molecule is CCCCCCC(=O)Nc1cc2nc3[nH]c(=O)n(CCCCCC)c(=O)c3nc2cc1C. The van der Waals surface area contributed by atoms with Crippen LogP contribution in [0.2, 0.25) is 0 Å². The molecule has 0 aliphatic heterocycles. The number of nitrogens with zero attached hydrogens (tertiary/aromatic N) is 3. The molecule has 1 amide bonds. The van der Waals surface area contributed by atoms with Crippen LogP contribution < -0.4 is 16.6 Å². The van der Waals surface area contributed by atoms with E-state index in [1.54, 1.807) is 6.07 Å². The first-order valence-corrected chi connectivity index (χ1v) is 11.7. The summed E-state index contributed by atoms with van der Waals surface area (Å²) in [5.41, 5.74) is 2.00. The summed E-state index contributed by atoms with van der Waals surface area (Å²) in [5.74, 6) is -0.0309. The van der Waals surface area contributed by atoms with Gasteiger partial charge in [-0.15, -0.1) is 0 Å². The largest absolute Gasteiger partial charge is 0.330 e. The van der Waals surface area contributed by atoms with Crippen molar-refractivity contribution in [3.8, 4) is 0 Å². The molecule has 2 aromatic heterocycles. The van der Waals surface area contributed by atoms with Gasteiger partial charge in [-0.3, -0.25) is 19.1 Å². The van der Waals surface area contributed by atoms with Gasteiger partial charge >= 0.3 is 5.69 Å². The van der Waals surface area contributed by atoms with E-state index in [1.807, 2.05) is 13.0 Å². The van der Waals surface area contributed by atoms with Crippen LogP contribution in [-0.2, 0) is 11.3 Å². The lowest BCUT2D eigenvalue weighted by atomic mass is 10.1. The van der Waals surface area contributed by atoms with Gasteiger partial charge in [-0.1, -0.05) is 52.4 Å². The van der Waals surface area contributed by atoms with Crippen LogP contribution in [0.4, 0.5) is 5.69 Å². The predicted octanol–water partition coefficient (Wildman–Crippen LogP) is 4.43. The van der Waals surface area contributed by atoms with E-state index in [2.05, 4.69) is 34.1 Å². The Hall–Kier alpha value is -3.03. The fraction of sp³-hybridized carbons (Fsp3) is 0.542. The summed E-state index contributed by atoms with van der Waals surface area (Å²) >= 11 is 0. The van der Waals surface area contributed by atoms with Gasteiger partial charge in [0.05, 0.1) is 11.0 Å². The van der Waals surface area contributed by atoms with Crippen LogP contribution in [0.1, 0.15) is 77.2 Å². The molecule has 0 atom stereocenters. The van der Waals surface area contributed by atoms with Gasteiger partial charge in [0.2, 0.25) is 5.91 Å². The zero-order chi connectivity index (χ0) is 23.1. The highest BCUT2D eigenvalue weighted by Gasteiger charge is 2.13. The standard InChI is InChI=1S/C24H33N5O3/c1-4-6-8-10-12-20(30)25-17-15-19-18(14-16(17)3)26-21-22(27-19)28-24(32)29(23(21)31)13-11-9-7-5-2/h14-15H,4-13H2,1-3H3,(H,25,30)(H,27,28,32). The number of aromatic amines is 1. The smallest absolute Gasteiger partial charge is 0.326 e. The lowest BCUT2D eigenvalue weighted by molar-refractivity contribution is -0.116. The topological polar surface area (TPSA) is 110 Å². The number of nitrogens with one attached hydrogen (secondary N) is 2. The molecule has 2 heterocycles. The number of aromatic nitrogens is 4. The number of anilines is 1. The molecule has 8 nitrogen and oxygen atoms in total. The van der Waals surface area contributed by atoms with E-state index in [4.69, 9.17) is 0 Å². The Kier molecular flexibility index (Phi) is 8.14. The molecule has 8 heteroatoms. The molecule has 172 valence electrons. The van der Waals surface area contributed by atoms with E-state index in [0.29, 0.717) is 29.7 Å². The molecule has 3 aromatic rings. The lowest BCUT2D eigenvalue weighted by Crippen LogP contribution is -2.35. The zero-order valence-corrected chi connectivity index (χ0v) is 19.3. The fourth-order valence-electron chi connectivity index (χ4n) is 3.79. The van der Waals surface area contributed by atoms with Crippen LogP contribution in [0.15, 0.2) is 21.7 Å². The minimum Gasteiger partial charge on any atom is -0.326 e. The number of amides is 1. The number of fused-ring (bicyclic) bond motifs is 2. The maximum Gasteiger partial charge on any atom is 0.330 e. The quantitative estimate of drug-likeness (QED) is 0.339. The third-order valence-electron chi connectivity index (χ3n) is 5.70. The molecule has 0 bridgehead atoms. The number of hydrogen-bond donors (Lipinski definition) is 2. The zero-order valence-electron chi connectivity index (χ0n) is 19.3. The summed E-state index contributed by atoms with van der Waals surface area (Å²) in [6.07, 6.45) is 8.53. The summed E-state index contributed by atoms with van der Waals surface area (Å²) in [4.78, 5) is 49.3. The molecule has 32 heavy (non-hydrogen) atoms. The maximum absolute atomic E-state index is 12.9. The van der Waals surface area contributed by atoms with Crippen LogP contribution in [0.25, 0.3) is 22.2 Å². The van der Waals surface area contributed by atoms with Gasteiger partial charge in [0.25, 0.3) is 5.56 Å². The lowest BCUT2D eigenvalue weighted by Gasteiger charge is -2.11. The Morgan fingerprint density at radius 3 is 2.38 bits per heavy atom. The van der Waals surface area contributed by atoms with Gasteiger partial charge in [-0.2, -0.15) is 0 Å². The normalized spacial score (nSPS) is 11.3. The van der Waals surface area contributed by atoms with E-state index in [9.17, 15) is 14.4 Å². The maximum atomic E-state index is 12.9. The average molecular weight is 440 g/mol. The molecule has 0 saturated carbocycles. The van der Waals surface area contributed by atoms with Crippen molar-refractivity contribution >= 4 is 33.8 Å². The molecule has 0 unspecified atom stereocenters. The summed E-state index contributed by atoms with van der Waals surface area (Å²) in [6.45, 7) is 6.50. The Morgan fingerprint density at radius 1 is 0.969 bits per heavy atom. The van der Waals surface area contributed by atoms with Gasteiger partial charge < -0.3 is 5.32 Å². The fourth-order valence-corrected chi connectivity index (χ4v) is 3.79. The Morgan fingerprint density at radius 2 is 1.66 bits per heavy atom. The summed E-state index contributed by atoms with van der Waals surface area (Å²) in [6, 6.07) is 3.56. The third-order valence-corrected chi connectivity index (χ3v) is 5.70.